The van der Waals surface area contributed by atoms with Gasteiger partial charge in [-0.05, 0) is 61.7 Å². The van der Waals surface area contributed by atoms with Gasteiger partial charge in [0.05, 0.1) is 22.6 Å². The Labute approximate surface area is 283 Å². The molecule has 0 radical (unpaired) electrons. The predicted octanol–water partition coefficient (Wildman–Crippen LogP) is 6.79. The van der Waals surface area contributed by atoms with E-state index in [4.69, 9.17) is 39.5 Å². The van der Waals surface area contributed by atoms with Crippen molar-refractivity contribution in [2.45, 2.75) is 57.5 Å². The highest BCUT2D eigenvalue weighted by molar-refractivity contribution is 7.92. The number of methoxy groups -OCH3 is 1. The molecule has 0 saturated carbocycles. The quantitative estimate of drug-likeness (QED) is 0.104. The zero-order valence-electron chi connectivity index (χ0n) is 25.8. The highest BCUT2D eigenvalue weighted by atomic mass is 35.5. The molecule has 15 heteroatoms. The number of anilines is 1. The summed E-state index contributed by atoms with van der Waals surface area (Å²) in [5.41, 5.74) is 0.219. The van der Waals surface area contributed by atoms with E-state index in [-0.39, 0.29) is 40.0 Å². The minimum absolute atomic E-state index is 0.0685. The molecule has 0 fully saturated rings. The number of unbranched alkanes of at least 4 members (excludes halogenated alkanes) is 1. The van der Waals surface area contributed by atoms with Crippen molar-refractivity contribution in [3.8, 4) is 5.75 Å². The number of carbonyl (C=O) groups excluding carboxylic acids is 2. The first-order chi connectivity index (χ1) is 21.7. The van der Waals surface area contributed by atoms with E-state index >= 15 is 0 Å². The smallest absolute Gasteiger partial charge is 0.273 e. The second-order valence-electron chi connectivity index (χ2n) is 10.4. The molecule has 0 aliphatic heterocycles. The molecule has 248 valence electrons. The number of ether oxygens (including phenoxy) is 1. The molecule has 3 aromatic rings. The fraction of sp³-hybridized carbons (Fsp3) is 0.355. The van der Waals surface area contributed by atoms with Crippen LogP contribution in [0.5, 0.6) is 5.75 Å². The minimum atomic E-state index is -4.66. The predicted molar refractivity (Wildman–Crippen MR) is 179 cm³/mol. The second kappa shape index (κ2) is 16.3. The summed E-state index contributed by atoms with van der Waals surface area (Å²) in [6.45, 7) is 4.61. The first kappa shape index (κ1) is 36.9. The highest BCUT2D eigenvalue weighted by Crippen LogP contribution is 2.36. The lowest BCUT2D eigenvalue weighted by atomic mass is 10.1. The Morgan fingerprint density at radius 2 is 1.70 bits per heavy atom. The van der Waals surface area contributed by atoms with Crippen molar-refractivity contribution in [2.75, 3.05) is 24.5 Å². The van der Waals surface area contributed by atoms with Crippen LogP contribution in [0.25, 0.3) is 0 Å². The Balaban J connectivity index is 2.19. The number of nitro benzene ring substituents is 1. The monoisotopic (exact) mass is 712 g/mol. The second-order valence-corrected chi connectivity index (χ2v) is 13.5. The van der Waals surface area contributed by atoms with Crippen molar-refractivity contribution in [3.05, 3.63) is 90.9 Å². The molecule has 0 aliphatic carbocycles. The summed E-state index contributed by atoms with van der Waals surface area (Å²) < 4.78 is 34.7. The lowest BCUT2D eigenvalue weighted by molar-refractivity contribution is -0.385. The number of hydrogen-bond donors (Lipinski definition) is 1. The van der Waals surface area contributed by atoms with Gasteiger partial charge in [-0.3, -0.25) is 24.0 Å². The van der Waals surface area contributed by atoms with Gasteiger partial charge in [-0.1, -0.05) is 67.2 Å². The molecule has 1 atom stereocenters. The summed E-state index contributed by atoms with van der Waals surface area (Å²) in [4.78, 5) is 39.5. The van der Waals surface area contributed by atoms with E-state index < -0.39 is 49.9 Å². The Morgan fingerprint density at radius 3 is 2.30 bits per heavy atom. The topological polar surface area (TPSA) is 139 Å². The van der Waals surface area contributed by atoms with Crippen molar-refractivity contribution in [1.82, 2.24) is 10.2 Å². The molecular weight excluding hydrogens is 679 g/mol. The zero-order chi connectivity index (χ0) is 34.2. The van der Waals surface area contributed by atoms with Gasteiger partial charge < -0.3 is 15.0 Å². The lowest BCUT2D eigenvalue weighted by Gasteiger charge is -2.33. The van der Waals surface area contributed by atoms with Gasteiger partial charge in [0.15, 0.2) is 0 Å². The molecule has 3 aromatic carbocycles. The van der Waals surface area contributed by atoms with Crippen LogP contribution in [0.2, 0.25) is 15.1 Å². The SMILES string of the molecule is CCCCNC(=O)[C@@H](CC)N(Cc1ccc(Cl)cc1Cl)C(=O)CN(c1cc(Cl)ccc1OC)S(=O)(=O)c1ccc(C)c([N+](=O)[O-])c1. The number of nitrogens with zero attached hydrogens (tertiary/aromatic N) is 3. The number of nitrogens with one attached hydrogen (secondary N) is 1. The molecule has 0 bridgehead atoms. The molecule has 0 saturated heterocycles. The van der Waals surface area contributed by atoms with E-state index in [2.05, 4.69) is 5.32 Å². The minimum Gasteiger partial charge on any atom is -0.495 e. The molecule has 46 heavy (non-hydrogen) atoms. The Morgan fingerprint density at radius 1 is 1.02 bits per heavy atom. The van der Waals surface area contributed by atoms with Gasteiger partial charge in [0.25, 0.3) is 15.7 Å². The number of halogens is 3. The number of nitro groups is 1. The van der Waals surface area contributed by atoms with Crippen LogP contribution < -0.4 is 14.4 Å². The number of benzene rings is 3. The van der Waals surface area contributed by atoms with Gasteiger partial charge >= 0.3 is 0 Å². The molecule has 0 heterocycles. The number of sulfonamides is 1. The number of hydrogen-bond acceptors (Lipinski definition) is 7. The Bertz CT molecular complexity index is 1710. The van der Waals surface area contributed by atoms with Crippen LogP contribution >= 0.6 is 34.8 Å². The summed E-state index contributed by atoms with van der Waals surface area (Å²) in [6, 6.07) is 11.4. The summed E-state index contributed by atoms with van der Waals surface area (Å²) >= 11 is 18.8. The summed E-state index contributed by atoms with van der Waals surface area (Å²) in [7, 11) is -3.34. The third-order valence-corrected chi connectivity index (χ3v) is 9.80. The number of carbonyl (C=O) groups is 2. The summed E-state index contributed by atoms with van der Waals surface area (Å²) in [5.74, 6) is -1.10. The van der Waals surface area contributed by atoms with E-state index in [1.165, 1.54) is 55.3 Å². The van der Waals surface area contributed by atoms with Crippen molar-refractivity contribution in [2.24, 2.45) is 0 Å². The van der Waals surface area contributed by atoms with Crippen LogP contribution in [-0.2, 0) is 26.2 Å². The van der Waals surface area contributed by atoms with Gasteiger partial charge in [0, 0.05) is 39.8 Å². The van der Waals surface area contributed by atoms with E-state index in [1.54, 1.807) is 19.1 Å². The highest BCUT2D eigenvalue weighted by Gasteiger charge is 2.36. The van der Waals surface area contributed by atoms with Crippen LogP contribution in [0.1, 0.15) is 44.2 Å². The van der Waals surface area contributed by atoms with Crippen molar-refractivity contribution in [3.63, 3.8) is 0 Å². The largest absolute Gasteiger partial charge is 0.495 e. The van der Waals surface area contributed by atoms with Crippen molar-refractivity contribution >= 4 is 68.0 Å². The van der Waals surface area contributed by atoms with Crippen LogP contribution in [0.15, 0.2) is 59.5 Å². The zero-order valence-corrected chi connectivity index (χ0v) is 28.8. The fourth-order valence-corrected chi connectivity index (χ4v) is 6.78. The molecule has 0 unspecified atom stereocenters. The summed E-state index contributed by atoms with van der Waals surface area (Å²) in [5, 5.41) is 15.3. The van der Waals surface area contributed by atoms with E-state index in [0.717, 1.165) is 23.2 Å². The number of amides is 2. The van der Waals surface area contributed by atoms with Crippen LogP contribution in [0.4, 0.5) is 11.4 Å². The summed E-state index contributed by atoms with van der Waals surface area (Å²) in [6.07, 6.45) is 1.76. The number of aryl methyl sites for hydroxylation is 1. The molecule has 3 rings (SSSR count). The molecule has 2 amide bonds. The van der Waals surface area contributed by atoms with Crippen LogP contribution in [-0.4, -0.2) is 56.3 Å². The molecule has 0 aliphatic rings. The average Bonchev–Trinajstić information content (AvgIpc) is 3.00. The normalized spacial score (nSPS) is 11.9. The van der Waals surface area contributed by atoms with Gasteiger partial charge in [0.1, 0.15) is 18.3 Å². The molecule has 11 nitrogen and oxygen atoms in total. The van der Waals surface area contributed by atoms with Crippen LogP contribution in [0, 0.1) is 17.0 Å². The van der Waals surface area contributed by atoms with E-state index in [1.807, 2.05) is 6.92 Å². The van der Waals surface area contributed by atoms with Gasteiger partial charge in [-0.25, -0.2) is 8.42 Å². The maximum Gasteiger partial charge on any atom is 0.273 e. The van der Waals surface area contributed by atoms with Crippen LogP contribution in [0.3, 0.4) is 0 Å². The maximum atomic E-state index is 14.3. The number of rotatable bonds is 15. The molecule has 0 spiro atoms. The van der Waals surface area contributed by atoms with Gasteiger partial charge in [-0.15, -0.1) is 0 Å². The van der Waals surface area contributed by atoms with E-state index in [0.29, 0.717) is 17.1 Å². The first-order valence-corrected chi connectivity index (χ1v) is 16.9. The molecule has 0 aromatic heterocycles. The maximum absolute atomic E-state index is 14.3. The van der Waals surface area contributed by atoms with Gasteiger partial charge in [-0.2, -0.15) is 0 Å². The lowest BCUT2D eigenvalue weighted by Crippen LogP contribution is -2.52. The standard InChI is InChI=1S/C31H35Cl3N4O7S/c1-5-7-14-35-31(40)26(6-2)36(18-21-9-10-22(32)15-25(21)34)30(39)19-37(28-16-23(33)11-13-29(28)45-4)46(43,44)24-12-8-20(3)27(17-24)38(41)42/h8-13,15-17,26H,5-7,14,18-19H2,1-4H3,(H,35,40)/t26-/m1/s1. The molecule has 1 N–H and O–H groups in total. The van der Waals surface area contributed by atoms with Gasteiger partial charge in [0.2, 0.25) is 11.8 Å². The Kier molecular flexibility index (Phi) is 13.1. The molecular formula is C31H35Cl3N4O7S. The first-order valence-electron chi connectivity index (χ1n) is 14.4. The average molecular weight is 714 g/mol. The Hall–Kier alpha value is -3.58. The third kappa shape index (κ3) is 8.81. The third-order valence-electron chi connectivity index (χ3n) is 7.23. The fourth-order valence-electron chi connectivity index (χ4n) is 4.70. The van der Waals surface area contributed by atoms with E-state index in [9.17, 15) is 28.1 Å². The van der Waals surface area contributed by atoms with Crippen molar-refractivity contribution in [1.29, 1.82) is 0 Å². The van der Waals surface area contributed by atoms with Crippen molar-refractivity contribution < 1.29 is 27.7 Å².